The molecule has 37 heavy (non-hydrogen) atoms. The van der Waals surface area contributed by atoms with Gasteiger partial charge < -0.3 is 20.1 Å². The second kappa shape index (κ2) is 12.0. The van der Waals surface area contributed by atoms with Crippen LogP contribution in [0.5, 0.6) is 0 Å². The van der Waals surface area contributed by atoms with Crippen LogP contribution in [-0.2, 0) is 17.5 Å². The van der Waals surface area contributed by atoms with Crippen LogP contribution in [0.4, 0.5) is 19.0 Å². The van der Waals surface area contributed by atoms with Gasteiger partial charge in [0.15, 0.2) is 0 Å². The van der Waals surface area contributed by atoms with Gasteiger partial charge in [0.1, 0.15) is 5.82 Å². The number of piperazine rings is 1. The van der Waals surface area contributed by atoms with Gasteiger partial charge in [-0.1, -0.05) is 26.3 Å². The molecule has 1 saturated carbocycles. The first-order valence-corrected chi connectivity index (χ1v) is 13.1. The highest BCUT2D eigenvalue weighted by Crippen LogP contribution is 2.32. The van der Waals surface area contributed by atoms with E-state index in [1.54, 1.807) is 0 Å². The van der Waals surface area contributed by atoms with E-state index in [0.29, 0.717) is 38.0 Å². The maximum absolute atomic E-state index is 13.1. The Hall–Kier alpha value is -3.07. The zero-order valence-corrected chi connectivity index (χ0v) is 21.5. The van der Waals surface area contributed by atoms with Gasteiger partial charge in [0, 0.05) is 62.6 Å². The summed E-state index contributed by atoms with van der Waals surface area (Å²) in [6.07, 6.45) is 2.64. The molecular formula is C28H36F3N5O. The molecule has 2 fully saturated rings. The summed E-state index contributed by atoms with van der Waals surface area (Å²) in [7, 11) is 0. The minimum Gasteiger partial charge on any atom is -0.361 e. The van der Waals surface area contributed by atoms with E-state index in [4.69, 9.17) is 0 Å². The normalized spacial score (nSPS) is 20.1. The number of nitrogens with one attached hydrogen (secondary N) is 2. The number of alkyl halides is 3. The van der Waals surface area contributed by atoms with Gasteiger partial charge in [-0.05, 0) is 60.5 Å². The molecule has 0 radical (unpaired) electrons. The number of hydrogen-bond donors (Lipinski definition) is 2. The molecule has 5 rings (SSSR count). The van der Waals surface area contributed by atoms with Crippen molar-refractivity contribution < 1.29 is 18.0 Å². The van der Waals surface area contributed by atoms with Gasteiger partial charge in [-0.2, -0.15) is 13.2 Å². The van der Waals surface area contributed by atoms with Crippen molar-refractivity contribution in [1.29, 1.82) is 0 Å². The number of carbonyl (C=O) groups is 1. The van der Waals surface area contributed by atoms with Crippen LogP contribution in [0.3, 0.4) is 0 Å². The Morgan fingerprint density at radius 1 is 1.08 bits per heavy atom. The molecule has 2 atom stereocenters. The van der Waals surface area contributed by atoms with Crippen molar-refractivity contribution in [2.75, 3.05) is 31.1 Å². The molecule has 2 unspecified atom stereocenters. The summed E-state index contributed by atoms with van der Waals surface area (Å²) in [6, 6.07) is 10.8. The number of pyridine rings is 1. The Labute approximate surface area is 216 Å². The lowest BCUT2D eigenvalue weighted by Gasteiger charge is -2.36. The molecule has 6 nitrogen and oxygen atoms in total. The number of carbonyl (C=O) groups excluding carboxylic acids is 1. The van der Waals surface area contributed by atoms with Crippen LogP contribution < -0.4 is 10.2 Å². The number of nitrogens with zero attached hydrogens (tertiary/aromatic N) is 3. The van der Waals surface area contributed by atoms with Gasteiger partial charge in [-0.25, -0.2) is 4.98 Å². The minimum absolute atomic E-state index is 0.00267. The molecular weight excluding hydrogens is 479 g/mol. The summed E-state index contributed by atoms with van der Waals surface area (Å²) in [6.45, 7) is 6.99. The Kier molecular flexibility index (Phi) is 8.74. The number of H-pyrrole nitrogens is 1. The fraction of sp³-hybridized carbons (Fsp3) is 0.500. The van der Waals surface area contributed by atoms with Crippen LogP contribution in [0.2, 0.25) is 0 Å². The monoisotopic (exact) mass is 515 g/mol. The van der Waals surface area contributed by atoms with Crippen molar-refractivity contribution in [3.63, 3.8) is 0 Å². The third-order valence-corrected chi connectivity index (χ3v) is 6.98. The van der Waals surface area contributed by atoms with E-state index in [9.17, 15) is 18.0 Å². The number of fused-ring (bicyclic) bond motifs is 1. The Morgan fingerprint density at radius 3 is 2.57 bits per heavy atom. The highest BCUT2D eigenvalue weighted by Gasteiger charge is 2.35. The predicted molar refractivity (Wildman–Crippen MR) is 140 cm³/mol. The molecule has 1 amide bonds. The number of anilines is 1. The second-order valence-corrected chi connectivity index (χ2v) is 9.91. The molecule has 3 aromatic rings. The fourth-order valence-corrected chi connectivity index (χ4v) is 5.05. The third kappa shape index (κ3) is 6.83. The summed E-state index contributed by atoms with van der Waals surface area (Å²) in [5.74, 6) is 0.475. The third-order valence-electron chi connectivity index (χ3n) is 6.98. The number of hydrogen-bond acceptors (Lipinski definition) is 4. The van der Waals surface area contributed by atoms with Gasteiger partial charge in [-0.3, -0.25) is 4.79 Å². The predicted octanol–water partition coefficient (Wildman–Crippen LogP) is 5.61. The summed E-state index contributed by atoms with van der Waals surface area (Å²) >= 11 is 0. The molecule has 200 valence electrons. The first-order chi connectivity index (χ1) is 17.8. The molecule has 2 aliphatic rings. The number of halogens is 3. The molecule has 9 heteroatoms. The topological polar surface area (TPSA) is 64.3 Å². The molecule has 2 aromatic heterocycles. The first kappa shape index (κ1) is 27.0. The van der Waals surface area contributed by atoms with E-state index in [2.05, 4.69) is 53.4 Å². The molecule has 0 bridgehead atoms. The van der Waals surface area contributed by atoms with Crippen molar-refractivity contribution in [2.45, 2.75) is 58.3 Å². The van der Waals surface area contributed by atoms with Gasteiger partial charge in [0.05, 0.1) is 5.56 Å². The lowest BCUT2D eigenvalue weighted by atomic mass is 10.1. The van der Waals surface area contributed by atoms with E-state index < -0.39 is 11.7 Å². The maximum atomic E-state index is 13.1. The van der Waals surface area contributed by atoms with Crippen molar-refractivity contribution in [3.05, 3.63) is 59.9 Å². The second-order valence-electron chi connectivity index (χ2n) is 9.91. The standard InChI is InChI=1S/C25H28F3N5O.C3H8/c26-25(27,28)20-6-8-30-23(15-20)32-9-11-33(12-10-32)24(34)19-2-3-21(14-19)31-16-17-1-4-22-18(13-17)5-7-29-22;1-3-2/h1,4-8,13,15,19,21,29,31H,2-3,9-12,14,16H2;3H2,1-2H3. The van der Waals surface area contributed by atoms with Gasteiger partial charge in [0.25, 0.3) is 0 Å². The Morgan fingerprint density at radius 2 is 1.84 bits per heavy atom. The van der Waals surface area contributed by atoms with Crippen molar-refractivity contribution in [1.82, 2.24) is 20.2 Å². The maximum Gasteiger partial charge on any atom is 0.416 e. The van der Waals surface area contributed by atoms with Gasteiger partial charge in [-0.15, -0.1) is 0 Å². The largest absolute Gasteiger partial charge is 0.416 e. The number of rotatable bonds is 5. The highest BCUT2D eigenvalue weighted by molar-refractivity contribution is 5.80. The van der Waals surface area contributed by atoms with Crippen LogP contribution in [0.1, 0.15) is 50.7 Å². The van der Waals surface area contributed by atoms with E-state index in [1.807, 2.05) is 16.0 Å². The van der Waals surface area contributed by atoms with E-state index in [0.717, 1.165) is 43.5 Å². The average molecular weight is 516 g/mol. The molecule has 1 saturated heterocycles. The smallest absolute Gasteiger partial charge is 0.361 e. The zero-order chi connectivity index (χ0) is 26.4. The van der Waals surface area contributed by atoms with Crippen LogP contribution in [0, 0.1) is 5.92 Å². The van der Waals surface area contributed by atoms with Gasteiger partial charge in [0.2, 0.25) is 5.91 Å². The summed E-state index contributed by atoms with van der Waals surface area (Å²) in [5, 5.41) is 4.79. The number of benzene rings is 1. The zero-order valence-electron chi connectivity index (χ0n) is 21.5. The van der Waals surface area contributed by atoms with Crippen LogP contribution in [-0.4, -0.2) is 53.0 Å². The van der Waals surface area contributed by atoms with Crippen molar-refractivity contribution in [3.8, 4) is 0 Å². The SMILES string of the molecule is CCC.O=C(C1CCC(NCc2ccc3[nH]ccc3c2)C1)N1CCN(c2cc(C(F)(F)F)ccn2)CC1. The van der Waals surface area contributed by atoms with Crippen LogP contribution >= 0.6 is 0 Å². The van der Waals surface area contributed by atoms with Crippen molar-refractivity contribution >= 4 is 22.6 Å². The lowest BCUT2D eigenvalue weighted by molar-refractivity contribution is -0.137. The molecule has 1 aliphatic heterocycles. The van der Waals surface area contributed by atoms with Crippen LogP contribution in [0.15, 0.2) is 48.8 Å². The quantitative estimate of drug-likeness (QED) is 0.464. The highest BCUT2D eigenvalue weighted by atomic mass is 19.4. The van der Waals surface area contributed by atoms with Crippen molar-refractivity contribution in [2.24, 2.45) is 5.92 Å². The van der Waals surface area contributed by atoms with E-state index in [1.165, 1.54) is 23.6 Å². The van der Waals surface area contributed by atoms with Gasteiger partial charge >= 0.3 is 6.18 Å². The molecule has 3 heterocycles. The Balaban J connectivity index is 0.00000102. The summed E-state index contributed by atoms with van der Waals surface area (Å²) < 4.78 is 39.0. The average Bonchev–Trinajstić information content (AvgIpc) is 3.57. The molecule has 2 N–H and O–H groups in total. The molecule has 0 spiro atoms. The van der Waals surface area contributed by atoms with E-state index in [-0.39, 0.29) is 11.8 Å². The van der Waals surface area contributed by atoms with E-state index >= 15 is 0 Å². The Bertz CT molecular complexity index is 1170. The van der Waals surface area contributed by atoms with Crippen LogP contribution in [0.25, 0.3) is 10.9 Å². The molecule has 1 aromatic carbocycles. The lowest BCUT2D eigenvalue weighted by Crippen LogP contribution is -2.50. The first-order valence-electron chi connectivity index (χ1n) is 13.1. The summed E-state index contributed by atoms with van der Waals surface area (Å²) in [4.78, 5) is 24.1. The minimum atomic E-state index is -4.39. The number of amides is 1. The fourth-order valence-electron chi connectivity index (χ4n) is 5.05. The summed E-state index contributed by atoms with van der Waals surface area (Å²) in [5.41, 5.74) is 1.65. The molecule has 1 aliphatic carbocycles. The number of aromatic amines is 1. The number of aromatic nitrogens is 2.